The number of rotatable bonds is 34. The van der Waals surface area contributed by atoms with Crippen LogP contribution in [0.15, 0.2) is 0 Å². The minimum atomic E-state index is -1.62. The molecule has 2 rings (SSSR count). The van der Waals surface area contributed by atoms with Gasteiger partial charge in [-0.05, 0) is 19.3 Å². The van der Waals surface area contributed by atoms with E-state index in [2.05, 4.69) is 27.9 Å². The molecular formula is C43H86NO12+. The fraction of sp³-hybridized carbons (Fsp3) is 1.00. The van der Waals surface area contributed by atoms with Crippen molar-refractivity contribution in [1.82, 2.24) is 0 Å². The van der Waals surface area contributed by atoms with Gasteiger partial charge in [-0.15, -0.1) is 0 Å². The monoisotopic (exact) mass is 809 g/mol. The predicted molar refractivity (Wildman–Crippen MR) is 217 cm³/mol. The van der Waals surface area contributed by atoms with Gasteiger partial charge in [0.15, 0.2) is 12.6 Å². The second kappa shape index (κ2) is 30.5. The van der Waals surface area contributed by atoms with E-state index in [9.17, 15) is 35.7 Å². The standard InChI is InChI=1S/C43H86NO12/c1-5-7-9-11-13-15-17-18-20-22-24-26-28-53-42-40(50)39(49)37(47)35(56-42)32-54-43-41(51)38(48)36(46)34(55-43)31-52-30-33(45)29-44(3,4)27-25-23-21-19-16-14-12-10-8-6-2/h33-43,45-51H,5-32H2,1-4H3/q+1/t33?,34-,35-,36-,37-,38+,39+,40-,41-,42-,43+/m1/s1. The summed E-state index contributed by atoms with van der Waals surface area (Å²) in [5.41, 5.74) is 0. The molecule has 1 unspecified atom stereocenters. The Kier molecular flexibility index (Phi) is 28.1. The highest BCUT2D eigenvalue weighted by molar-refractivity contribution is 4.92. The Hall–Kier alpha value is -0.520. The molecular weight excluding hydrogens is 722 g/mol. The van der Waals surface area contributed by atoms with Crippen LogP contribution in [0.2, 0.25) is 0 Å². The first-order valence-corrected chi connectivity index (χ1v) is 22.6. The van der Waals surface area contributed by atoms with Crippen LogP contribution in [0.25, 0.3) is 0 Å². The Morgan fingerprint density at radius 2 is 0.875 bits per heavy atom. The number of aliphatic hydroxyl groups excluding tert-OH is 7. The van der Waals surface area contributed by atoms with Gasteiger partial charge < -0.3 is 63.9 Å². The second-order valence-corrected chi connectivity index (χ2v) is 17.3. The van der Waals surface area contributed by atoms with Crippen LogP contribution in [0.4, 0.5) is 0 Å². The Labute approximate surface area is 339 Å². The first-order valence-electron chi connectivity index (χ1n) is 22.6. The number of hydrogen-bond acceptors (Lipinski definition) is 12. The summed E-state index contributed by atoms with van der Waals surface area (Å²) in [6.45, 7) is 5.69. The Balaban J connectivity index is 1.68. The fourth-order valence-electron chi connectivity index (χ4n) is 7.78. The molecule has 2 aliphatic heterocycles. The quantitative estimate of drug-likeness (QED) is 0.0351. The first-order chi connectivity index (χ1) is 26.9. The smallest absolute Gasteiger partial charge is 0.186 e. The summed E-state index contributed by atoms with van der Waals surface area (Å²) < 4.78 is 29.3. The lowest BCUT2D eigenvalue weighted by Gasteiger charge is -2.43. The number of hydrogen-bond donors (Lipinski definition) is 7. The lowest BCUT2D eigenvalue weighted by Crippen LogP contribution is -2.61. The van der Waals surface area contributed by atoms with Gasteiger partial charge in [0.25, 0.3) is 0 Å². The van der Waals surface area contributed by atoms with Gasteiger partial charge in [0.1, 0.15) is 61.5 Å². The molecule has 13 heteroatoms. The third-order valence-electron chi connectivity index (χ3n) is 11.5. The zero-order valence-corrected chi connectivity index (χ0v) is 35.8. The van der Waals surface area contributed by atoms with Crippen LogP contribution in [0.5, 0.6) is 0 Å². The molecule has 0 amide bonds. The van der Waals surface area contributed by atoms with E-state index in [4.69, 9.17) is 23.7 Å². The maximum absolute atomic E-state index is 10.7. The van der Waals surface area contributed by atoms with E-state index in [0.29, 0.717) is 17.6 Å². The van der Waals surface area contributed by atoms with Crippen molar-refractivity contribution in [3.63, 3.8) is 0 Å². The molecule has 2 fully saturated rings. The van der Waals surface area contributed by atoms with Crippen molar-refractivity contribution in [3.05, 3.63) is 0 Å². The highest BCUT2D eigenvalue weighted by Crippen LogP contribution is 2.27. The van der Waals surface area contributed by atoms with E-state index in [-0.39, 0.29) is 19.8 Å². The highest BCUT2D eigenvalue weighted by atomic mass is 16.7. The van der Waals surface area contributed by atoms with Crippen molar-refractivity contribution in [1.29, 1.82) is 0 Å². The molecule has 7 N–H and O–H groups in total. The van der Waals surface area contributed by atoms with Crippen LogP contribution < -0.4 is 0 Å². The van der Waals surface area contributed by atoms with E-state index >= 15 is 0 Å². The molecule has 2 aliphatic rings. The Bertz CT molecular complexity index is 933. The molecule has 0 bridgehead atoms. The lowest BCUT2D eigenvalue weighted by molar-refractivity contribution is -0.893. The molecule has 0 aromatic rings. The van der Waals surface area contributed by atoms with Crippen molar-refractivity contribution in [2.45, 2.75) is 223 Å². The van der Waals surface area contributed by atoms with E-state index in [1.807, 2.05) is 0 Å². The molecule has 2 saturated heterocycles. The number of ether oxygens (including phenoxy) is 5. The number of nitrogens with zero attached hydrogens (tertiary/aromatic N) is 1. The predicted octanol–water partition coefficient (Wildman–Crippen LogP) is 4.71. The van der Waals surface area contributed by atoms with Crippen molar-refractivity contribution < 1.29 is 63.9 Å². The van der Waals surface area contributed by atoms with Gasteiger partial charge in [0.2, 0.25) is 0 Å². The number of unbranched alkanes of at least 4 members (excludes halogenated alkanes) is 20. The molecule has 56 heavy (non-hydrogen) atoms. The largest absolute Gasteiger partial charge is 0.387 e. The molecule has 13 nitrogen and oxygen atoms in total. The van der Waals surface area contributed by atoms with Gasteiger partial charge in [-0.25, -0.2) is 0 Å². The normalized spacial score (nSPS) is 29.2. The first kappa shape index (κ1) is 51.6. The van der Waals surface area contributed by atoms with Gasteiger partial charge >= 0.3 is 0 Å². The van der Waals surface area contributed by atoms with Gasteiger partial charge in [-0.2, -0.15) is 0 Å². The highest BCUT2D eigenvalue weighted by Gasteiger charge is 2.47. The van der Waals surface area contributed by atoms with Crippen molar-refractivity contribution in [3.8, 4) is 0 Å². The van der Waals surface area contributed by atoms with Crippen LogP contribution in [0.1, 0.15) is 155 Å². The van der Waals surface area contributed by atoms with Gasteiger partial charge in [-0.3, -0.25) is 0 Å². The molecule has 0 saturated carbocycles. The third-order valence-corrected chi connectivity index (χ3v) is 11.5. The molecule has 0 aliphatic carbocycles. The van der Waals surface area contributed by atoms with Gasteiger partial charge in [0, 0.05) is 6.61 Å². The van der Waals surface area contributed by atoms with Crippen molar-refractivity contribution in [2.24, 2.45) is 0 Å². The van der Waals surface area contributed by atoms with Crippen LogP contribution >= 0.6 is 0 Å². The number of quaternary nitrogens is 1. The molecule has 11 atom stereocenters. The maximum Gasteiger partial charge on any atom is 0.186 e. The number of likely N-dealkylation sites (N-methyl/N-ethyl adjacent to an activating group) is 1. The molecule has 0 spiro atoms. The second-order valence-electron chi connectivity index (χ2n) is 17.3. The molecule has 2 heterocycles. The minimum absolute atomic E-state index is 0.000567. The summed E-state index contributed by atoms with van der Waals surface area (Å²) in [6, 6.07) is 0. The maximum atomic E-state index is 10.7. The summed E-state index contributed by atoms with van der Waals surface area (Å²) in [7, 11) is 4.18. The average Bonchev–Trinajstić information content (AvgIpc) is 3.17. The van der Waals surface area contributed by atoms with Gasteiger partial charge in [0.05, 0.1) is 40.5 Å². The Morgan fingerprint density at radius 1 is 0.482 bits per heavy atom. The van der Waals surface area contributed by atoms with E-state index in [1.54, 1.807) is 0 Å². The van der Waals surface area contributed by atoms with Crippen molar-refractivity contribution in [2.75, 3.05) is 53.6 Å². The van der Waals surface area contributed by atoms with E-state index < -0.39 is 67.5 Å². The van der Waals surface area contributed by atoms with E-state index in [1.165, 1.54) is 116 Å². The zero-order valence-electron chi connectivity index (χ0n) is 35.8. The molecule has 334 valence electrons. The Morgan fingerprint density at radius 3 is 1.34 bits per heavy atom. The van der Waals surface area contributed by atoms with Crippen molar-refractivity contribution >= 4 is 0 Å². The molecule has 0 aromatic carbocycles. The topological polar surface area (TPSA) is 188 Å². The summed E-state index contributed by atoms with van der Waals surface area (Å²) in [5.74, 6) is 0. The average molecular weight is 809 g/mol. The SMILES string of the molecule is CCCCCCCCCCCCCCO[C@@H]1O[C@H](CO[C@H]2O[C@H](COCC(O)C[N+](C)(C)CCCCCCCCCCCC)[C@@H](O)[C@H](O)[C@H]2O)[C@@H](O)[C@H](O)[C@H]1O. The fourth-order valence-corrected chi connectivity index (χ4v) is 7.78. The number of aliphatic hydroxyl groups is 7. The summed E-state index contributed by atoms with van der Waals surface area (Å²) in [5, 5.41) is 74.1. The summed E-state index contributed by atoms with van der Waals surface area (Å²) in [4.78, 5) is 0. The van der Waals surface area contributed by atoms with Crippen LogP contribution in [-0.2, 0) is 23.7 Å². The lowest BCUT2D eigenvalue weighted by atomic mass is 9.98. The summed E-state index contributed by atoms with van der Waals surface area (Å²) in [6.07, 6.45) is 12.4. The van der Waals surface area contributed by atoms with Gasteiger partial charge in [-0.1, -0.05) is 136 Å². The third kappa shape index (κ3) is 21.1. The van der Waals surface area contributed by atoms with Crippen LogP contribution in [0.3, 0.4) is 0 Å². The summed E-state index contributed by atoms with van der Waals surface area (Å²) >= 11 is 0. The van der Waals surface area contributed by atoms with Crippen LogP contribution in [0, 0.1) is 0 Å². The molecule has 0 radical (unpaired) electrons. The zero-order chi connectivity index (χ0) is 41.2. The van der Waals surface area contributed by atoms with E-state index in [0.717, 1.165) is 32.2 Å². The molecule has 0 aromatic heterocycles. The minimum Gasteiger partial charge on any atom is -0.387 e. The van der Waals surface area contributed by atoms with Crippen LogP contribution in [-0.4, -0.2) is 161 Å².